The molecule has 0 aliphatic heterocycles. The molecule has 0 saturated carbocycles. The number of rotatable bonds is 3. The third-order valence-corrected chi connectivity index (χ3v) is 1.99. The van der Waals surface area contributed by atoms with Gasteiger partial charge >= 0.3 is 5.97 Å². The van der Waals surface area contributed by atoms with Crippen LogP contribution in [0, 0.1) is 0 Å². The molecular formula is C10H9N3O2. The van der Waals surface area contributed by atoms with E-state index in [4.69, 9.17) is 5.11 Å². The number of hydrogen-bond donors (Lipinski definition) is 1. The fraction of sp³-hybridized carbons (Fsp3) is 0.200. The van der Waals surface area contributed by atoms with E-state index in [0.29, 0.717) is 17.6 Å². The Kier molecular flexibility index (Phi) is 2.53. The van der Waals surface area contributed by atoms with Crippen LogP contribution in [0.4, 0.5) is 0 Å². The second-order valence-electron chi connectivity index (χ2n) is 3.12. The third-order valence-electron chi connectivity index (χ3n) is 1.99. The number of aryl methyl sites for hydroxylation is 1. The highest BCUT2D eigenvalue weighted by molar-refractivity contribution is 5.72. The van der Waals surface area contributed by atoms with Crippen LogP contribution in [-0.2, 0) is 11.2 Å². The van der Waals surface area contributed by atoms with Crippen molar-refractivity contribution < 1.29 is 9.90 Å². The number of carboxylic acid groups (broad SMARTS) is 1. The minimum absolute atomic E-state index is 0.0699. The van der Waals surface area contributed by atoms with Crippen molar-refractivity contribution >= 4 is 17.0 Å². The summed E-state index contributed by atoms with van der Waals surface area (Å²) in [6.07, 6.45) is 5.33. The minimum atomic E-state index is -0.830. The molecule has 0 atom stereocenters. The molecule has 0 amide bonds. The topological polar surface area (TPSA) is 76.0 Å². The van der Waals surface area contributed by atoms with Crippen molar-refractivity contribution in [2.45, 2.75) is 12.8 Å². The Labute approximate surface area is 85.8 Å². The zero-order chi connectivity index (χ0) is 10.7. The first kappa shape index (κ1) is 9.51. The first-order chi connectivity index (χ1) is 7.25. The van der Waals surface area contributed by atoms with E-state index in [2.05, 4.69) is 15.0 Å². The molecule has 2 aromatic rings. The van der Waals surface area contributed by atoms with E-state index < -0.39 is 5.97 Å². The van der Waals surface area contributed by atoms with Gasteiger partial charge in [0.2, 0.25) is 0 Å². The van der Waals surface area contributed by atoms with Crippen molar-refractivity contribution in [3.05, 3.63) is 30.4 Å². The van der Waals surface area contributed by atoms with Crippen LogP contribution in [0.2, 0.25) is 0 Å². The van der Waals surface area contributed by atoms with Crippen LogP contribution >= 0.6 is 0 Å². The first-order valence-corrected chi connectivity index (χ1v) is 4.53. The summed E-state index contributed by atoms with van der Waals surface area (Å²) in [4.78, 5) is 22.7. The number of carboxylic acids is 1. The van der Waals surface area contributed by atoms with Gasteiger partial charge in [0.25, 0.3) is 0 Å². The van der Waals surface area contributed by atoms with E-state index in [-0.39, 0.29) is 6.42 Å². The molecule has 5 nitrogen and oxygen atoms in total. The molecule has 2 rings (SSSR count). The van der Waals surface area contributed by atoms with E-state index >= 15 is 0 Å². The lowest BCUT2D eigenvalue weighted by molar-refractivity contribution is -0.136. The number of fused-ring (bicyclic) bond motifs is 1. The van der Waals surface area contributed by atoms with E-state index in [1.165, 1.54) is 0 Å². The maximum absolute atomic E-state index is 10.4. The van der Waals surface area contributed by atoms with Gasteiger partial charge in [-0.05, 0) is 6.07 Å². The van der Waals surface area contributed by atoms with Crippen molar-refractivity contribution in [1.82, 2.24) is 15.0 Å². The highest BCUT2D eigenvalue weighted by Crippen LogP contribution is 2.07. The average molecular weight is 203 g/mol. The van der Waals surface area contributed by atoms with E-state index in [0.717, 1.165) is 5.52 Å². The van der Waals surface area contributed by atoms with Crippen molar-refractivity contribution in [3.8, 4) is 0 Å². The minimum Gasteiger partial charge on any atom is -0.481 e. The molecule has 0 spiro atoms. The Balaban J connectivity index is 2.26. The highest BCUT2D eigenvalue weighted by atomic mass is 16.4. The Morgan fingerprint density at radius 3 is 3.00 bits per heavy atom. The standard InChI is InChI=1S/C10H9N3O2/c14-10(15)2-1-7-5-12-8-3-4-11-6-9(8)13-7/h3-6H,1-2H2,(H,14,15). The predicted molar refractivity (Wildman–Crippen MR) is 53.3 cm³/mol. The Bertz CT molecular complexity index is 499. The predicted octanol–water partition coefficient (Wildman–Crippen LogP) is 1.04. The summed E-state index contributed by atoms with van der Waals surface area (Å²) in [5.41, 5.74) is 2.14. The van der Waals surface area contributed by atoms with Gasteiger partial charge in [-0.15, -0.1) is 0 Å². The zero-order valence-corrected chi connectivity index (χ0v) is 7.92. The molecule has 0 aromatic carbocycles. The number of aromatic nitrogens is 3. The van der Waals surface area contributed by atoms with Gasteiger partial charge in [0.05, 0.1) is 23.8 Å². The van der Waals surface area contributed by atoms with Gasteiger partial charge in [-0.3, -0.25) is 14.8 Å². The quantitative estimate of drug-likeness (QED) is 0.806. The summed E-state index contributed by atoms with van der Waals surface area (Å²) >= 11 is 0. The Morgan fingerprint density at radius 2 is 2.20 bits per heavy atom. The smallest absolute Gasteiger partial charge is 0.303 e. The average Bonchev–Trinajstić information content (AvgIpc) is 2.26. The molecule has 5 heteroatoms. The zero-order valence-electron chi connectivity index (χ0n) is 7.92. The molecule has 0 fully saturated rings. The summed E-state index contributed by atoms with van der Waals surface area (Å²) in [7, 11) is 0. The van der Waals surface area contributed by atoms with Crippen LogP contribution in [0.3, 0.4) is 0 Å². The monoisotopic (exact) mass is 203 g/mol. The molecule has 2 heterocycles. The van der Waals surface area contributed by atoms with E-state index in [9.17, 15) is 4.79 Å². The van der Waals surface area contributed by atoms with Crippen molar-refractivity contribution in [1.29, 1.82) is 0 Å². The fourth-order valence-corrected chi connectivity index (χ4v) is 1.26. The number of carbonyl (C=O) groups is 1. The van der Waals surface area contributed by atoms with Gasteiger partial charge in [-0.25, -0.2) is 4.98 Å². The van der Waals surface area contributed by atoms with Crippen molar-refractivity contribution in [2.75, 3.05) is 0 Å². The van der Waals surface area contributed by atoms with Crippen LogP contribution < -0.4 is 0 Å². The van der Waals surface area contributed by atoms with Gasteiger partial charge in [0, 0.05) is 18.8 Å². The van der Waals surface area contributed by atoms with Crippen molar-refractivity contribution in [3.63, 3.8) is 0 Å². The van der Waals surface area contributed by atoms with Gasteiger partial charge in [0.1, 0.15) is 5.52 Å². The summed E-state index contributed by atoms with van der Waals surface area (Å²) in [5, 5.41) is 8.53. The van der Waals surface area contributed by atoms with Gasteiger partial charge in [-0.1, -0.05) is 0 Å². The molecule has 0 bridgehead atoms. The molecule has 1 N–H and O–H groups in total. The second-order valence-corrected chi connectivity index (χ2v) is 3.12. The number of hydrogen-bond acceptors (Lipinski definition) is 4. The number of aliphatic carboxylic acids is 1. The Morgan fingerprint density at radius 1 is 1.33 bits per heavy atom. The highest BCUT2D eigenvalue weighted by Gasteiger charge is 2.02. The summed E-state index contributed by atoms with van der Waals surface area (Å²) in [6.45, 7) is 0. The molecule has 76 valence electrons. The molecule has 0 unspecified atom stereocenters. The van der Waals surface area contributed by atoms with Gasteiger partial charge < -0.3 is 5.11 Å². The van der Waals surface area contributed by atoms with Crippen LogP contribution in [0.25, 0.3) is 11.0 Å². The summed E-state index contributed by atoms with van der Waals surface area (Å²) in [5.74, 6) is -0.830. The van der Waals surface area contributed by atoms with Crippen LogP contribution in [0.15, 0.2) is 24.7 Å². The maximum Gasteiger partial charge on any atom is 0.303 e. The first-order valence-electron chi connectivity index (χ1n) is 4.53. The van der Waals surface area contributed by atoms with Crippen LogP contribution in [-0.4, -0.2) is 26.0 Å². The van der Waals surface area contributed by atoms with Gasteiger partial charge in [-0.2, -0.15) is 0 Å². The molecule has 0 saturated heterocycles. The van der Waals surface area contributed by atoms with Crippen molar-refractivity contribution in [2.24, 2.45) is 0 Å². The molecule has 0 radical (unpaired) electrons. The fourth-order valence-electron chi connectivity index (χ4n) is 1.26. The van der Waals surface area contributed by atoms with E-state index in [1.807, 2.05) is 0 Å². The Hall–Kier alpha value is -2.04. The number of nitrogens with zero attached hydrogens (tertiary/aromatic N) is 3. The summed E-state index contributed by atoms with van der Waals surface area (Å²) < 4.78 is 0. The molecular weight excluding hydrogens is 194 g/mol. The molecule has 0 aliphatic carbocycles. The molecule has 2 aromatic heterocycles. The normalized spacial score (nSPS) is 10.4. The van der Waals surface area contributed by atoms with Crippen LogP contribution in [0.5, 0.6) is 0 Å². The lowest BCUT2D eigenvalue weighted by Crippen LogP contribution is -2.00. The van der Waals surface area contributed by atoms with Crippen LogP contribution in [0.1, 0.15) is 12.1 Å². The lowest BCUT2D eigenvalue weighted by Gasteiger charge is -1.99. The largest absolute Gasteiger partial charge is 0.481 e. The number of pyridine rings is 1. The van der Waals surface area contributed by atoms with E-state index in [1.54, 1.807) is 24.7 Å². The second kappa shape index (κ2) is 4.00. The maximum atomic E-state index is 10.4. The summed E-state index contributed by atoms with van der Waals surface area (Å²) in [6, 6.07) is 1.77. The van der Waals surface area contributed by atoms with Gasteiger partial charge in [0.15, 0.2) is 0 Å². The molecule has 0 aliphatic rings. The lowest BCUT2D eigenvalue weighted by atomic mass is 10.2. The molecule has 15 heavy (non-hydrogen) atoms. The SMILES string of the molecule is O=C(O)CCc1cnc2ccncc2n1. The third kappa shape index (κ3) is 2.25.